The summed E-state index contributed by atoms with van der Waals surface area (Å²) < 4.78 is 28.1. The molecule has 124 valence electrons. The monoisotopic (exact) mass is 347 g/mol. The van der Waals surface area contributed by atoms with Crippen LogP contribution in [0.2, 0.25) is 0 Å². The van der Waals surface area contributed by atoms with Gasteiger partial charge in [0.1, 0.15) is 0 Å². The molecule has 4 aromatic carbocycles. The molecule has 25 heavy (non-hydrogen) atoms. The number of hydrogen-bond acceptors (Lipinski definition) is 2. The summed E-state index contributed by atoms with van der Waals surface area (Å²) in [7, 11) is -3.63. The molecular formula is C21H17NO2S. The first-order valence-corrected chi connectivity index (χ1v) is 9.52. The van der Waals surface area contributed by atoms with E-state index >= 15 is 0 Å². The average molecular weight is 347 g/mol. The maximum Gasteiger partial charge on any atom is 0.261 e. The van der Waals surface area contributed by atoms with Crippen LogP contribution in [-0.2, 0) is 10.0 Å². The number of anilines is 1. The van der Waals surface area contributed by atoms with E-state index in [1.807, 2.05) is 61.5 Å². The molecule has 0 aliphatic heterocycles. The average Bonchev–Trinajstić information content (AvgIpc) is 2.61. The summed E-state index contributed by atoms with van der Waals surface area (Å²) in [5.74, 6) is 0. The van der Waals surface area contributed by atoms with Gasteiger partial charge >= 0.3 is 0 Å². The van der Waals surface area contributed by atoms with Crippen LogP contribution in [-0.4, -0.2) is 8.42 Å². The van der Waals surface area contributed by atoms with Gasteiger partial charge in [0.25, 0.3) is 10.0 Å². The molecule has 1 N–H and O–H groups in total. The summed E-state index contributed by atoms with van der Waals surface area (Å²) in [5.41, 5.74) is 1.74. The van der Waals surface area contributed by atoms with Crippen LogP contribution in [0.4, 0.5) is 5.69 Å². The molecule has 4 aromatic rings. The Bertz CT molecular complexity index is 1200. The number of nitrogens with one attached hydrogen (secondary N) is 1. The Morgan fingerprint density at radius 2 is 1.32 bits per heavy atom. The Balaban J connectivity index is 1.71. The number of rotatable bonds is 3. The van der Waals surface area contributed by atoms with Crippen LogP contribution in [0.1, 0.15) is 5.56 Å². The topological polar surface area (TPSA) is 46.2 Å². The third-order valence-corrected chi connectivity index (χ3v) is 5.66. The molecule has 0 heterocycles. The predicted octanol–water partition coefficient (Wildman–Crippen LogP) is 5.10. The molecule has 4 heteroatoms. The van der Waals surface area contributed by atoms with Gasteiger partial charge in [0.2, 0.25) is 0 Å². The smallest absolute Gasteiger partial charge is 0.261 e. The molecule has 0 saturated carbocycles. The van der Waals surface area contributed by atoms with Crippen LogP contribution in [0.25, 0.3) is 21.5 Å². The zero-order valence-corrected chi connectivity index (χ0v) is 14.5. The second kappa shape index (κ2) is 5.90. The van der Waals surface area contributed by atoms with Crippen LogP contribution in [0.15, 0.2) is 83.8 Å². The lowest BCUT2D eigenvalue weighted by atomic mass is 10.1. The molecule has 0 saturated heterocycles. The van der Waals surface area contributed by atoms with Gasteiger partial charge in [0.05, 0.1) is 4.90 Å². The van der Waals surface area contributed by atoms with Gasteiger partial charge < -0.3 is 0 Å². The highest BCUT2D eigenvalue weighted by Gasteiger charge is 2.14. The maximum absolute atomic E-state index is 12.7. The van der Waals surface area contributed by atoms with Crippen molar-refractivity contribution in [2.45, 2.75) is 11.8 Å². The van der Waals surface area contributed by atoms with E-state index in [4.69, 9.17) is 0 Å². The third kappa shape index (κ3) is 3.08. The molecule has 3 nitrogen and oxygen atoms in total. The van der Waals surface area contributed by atoms with Crippen LogP contribution >= 0.6 is 0 Å². The zero-order valence-electron chi connectivity index (χ0n) is 13.7. The van der Waals surface area contributed by atoms with E-state index in [1.54, 1.807) is 18.2 Å². The lowest BCUT2D eigenvalue weighted by molar-refractivity contribution is 0.601. The minimum Gasteiger partial charge on any atom is -0.280 e. The number of aryl methyl sites for hydroxylation is 1. The van der Waals surface area contributed by atoms with Crippen molar-refractivity contribution in [3.63, 3.8) is 0 Å². The van der Waals surface area contributed by atoms with Crippen molar-refractivity contribution in [3.8, 4) is 0 Å². The summed E-state index contributed by atoms with van der Waals surface area (Å²) >= 11 is 0. The van der Waals surface area contributed by atoms with Gasteiger partial charge in [0, 0.05) is 5.69 Å². The second-order valence-electron chi connectivity index (χ2n) is 6.18. The van der Waals surface area contributed by atoms with Crippen LogP contribution in [0, 0.1) is 6.92 Å². The first kappa shape index (κ1) is 15.7. The minimum absolute atomic E-state index is 0.259. The van der Waals surface area contributed by atoms with Gasteiger partial charge in [0.15, 0.2) is 0 Å². The van der Waals surface area contributed by atoms with Crippen LogP contribution < -0.4 is 4.72 Å². The normalized spacial score (nSPS) is 11.7. The largest absolute Gasteiger partial charge is 0.280 e. The highest BCUT2D eigenvalue weighted by molar-refractivity contribution is 7.92. The van der Waals surface area contributed by atoms with Crippen LogP contribution in [0.5, 0.6) is 0 Å². The quantitative estimate of drug-likeness (QED) is 0.560. The lowest BCUT2D eigenvalue weighted by Crippen LogP contribution is -2.12. The molecule has 0 radical (unpaired) electrons. The summed E-state index contributed by atoms with van der Waals surface area (Å²) in [6.45, 7) is 2.04. The molecule has 0 fully saturated rings. The van der Waals surface area contributed by atoms with E-state index < -0.39 is 10.0 Å². The minimum atomic E-state index is -3.63. The standard InChI is InChI=1S/C21H17NO2S/c1-15-6-7-19-13-20(10-8-18(19)12-15)22-25(23,24)21-11-9-16-4-2-3-5-17(16)14-21/h2-14,22H,1H3. The molecule has 0 aliphatic rings. The Hall–Kier alpha value is -2.85. The fourth-order valence-electron chi connectivity index (χ4n) is 2.98. The Labute approximate surface area is 147 Å². The molecule has 0 spiro atoms. The van der Waals surface area contributed by atoms with E-state index in [0.717, 1.165) is 21.5 Å². The van der Waals surface area contributed by atoms with Gasteiger partial charge in [-0.15, -0.1) is 0 Å². The number of sulfonamides is 1. The predicted molar refractivity (Wildman–Crippen MR) is 103 cm³/mol. The molecule has 0 atom stereocenters. The molecule has 0 amide bonds. The summed E-state index contributed by atoms with van der Waals surface area (Å²) in [6, 6.07) is 24.5. The van der Waals surface area contributed by atoms with Crippen molar-refractivity contribution < 1.29 is 8.42 Å². The Morgan fingerprint density at radius 1 is 0.680 bits per heavy atom. The summed E-state index contributed by atoms with van der Waals surface area (Å²) in [5, 5.41) is 4.01. The van der Waals surface area contributed by atoms with E-state index in [9.17, 15) is 8.42 Å². The SMILES string of the molecule is Cc1ccc2cc(NS(=O)(=O)c3ccc4ccccc4c3)ccc2c1. The fraction of sp³-hybridized carbons (Fsp3) is 0.0476. The van der Waals surface area contributed by atoms with Crippen molar-refractivity contribution in [3.05, 3.63) is 84.4 Å². The first-order chi connectivity index (χ1) is 12.0. The van der Waals surface area contributed by atoms with E-state index in [2.05, 4.69) is 10.8 Å². The summed E-state index contributed by atoms with van der Waals surface area (Å²) in [6.07, 6.45) is 0. The Morgan fingerprint density at radius 3 is 2.16 bits per heavy atom. The molecule has 0 aromatic heterocycles. The highest BCUT2D eigenvalue weighted by Crippen LogP contribution is 2.24. The third-order valence-electron chi connectivity index (χ3n) is 4.28. The fourth-order valence-corrected chi connectivity index (χ4v) is 4.06. The van der Waals surface area contributed by atoms with Crippen molar-refractivity contribution >= 4 is 37.3 Å². The van der Waals surface area contributed by atoms with E-state index in [0.29, 0.717) is 5.69 Å². The zero-order chi connectivity index (χ0) is 17.4. The number of hydrogen-bond donors (Lipinski definition) is 1. The molecule has 0 unspecified atom stereocenters. The van der Waals surface area contributed by atoms with Gasteiger partial charge in [-0.25, -0.2) is 8.42 Å². The van der Waals surface area contributed by atoms with Gasteiger partial charge in [-0.1, -0.05) is 60.2 Å². The molecule has 0 bridgehead atoms. The number of benzene rings is 4. The van der Waals surface area contributed by atoms with Crippen molar-refractivity contribution in [1.82, 2.24) is 0 Å². The lowest BCUT2D eigenvalue weighted by Gasteiger charge is -2.10. The molecule has 0 aliphatic carbocycles. The van der Waals surface area contributed by atoms with E-state index in [-0.39, 0.29) is 4.90 Å². The van der Waals surface area contributed by atoms with Gasteiger partial charge in [-0.05, 0) is 52.7 Å². The van der Waals surface area contributed by atoms with Gasteiger partial charge in [-0.3, -0.25) is 4.72 Å². The van der Waals surface area contributed by atoms with Crippen LogP contribution in [0.3, 0.4) is 0 Å². The van der Waals surface area contributed by atoms with Crippen molar-refractivity contribution in [2.24, 2.45) is 0 Å². The number of fused-ring (bicyclic) bond motifs is 2. The van der Waals surface area contributed by atoms with Crippen molar-refractivity contribution in [1.29, 1.82) is 0 Å². The highest BCUT2D eigenvalue weighted by atomic mass is 32.2. The van der Waals surface area contributed by atoms with Gasteiger partial charge in [-0.2, -0.15) is 0 Å². The second-order valence-corrected chi connectivity index (χ2v) is 7.86. The summed E-state index contributed by atoms with van der Waals surface area (Å²) in [4.78, 5) is 0.259. The Kier molecular flexibility index (Phi) is 3.70. The van der Waals surface area contributed by atoms with Crippen molar-refractivity contribution in [2.75, 3.05) is 4.72 Å². The molecular weight excluding hydrogens is 330 g/mol. The first-order valence-electron chi connectivity index (χ1n) is 8.03. The van der Waals surface area contributed by atoms with E-state index in [1.165, 1.54) is 5.56 Å². The molecule has 4 rings (SSSR count). The maximum atomic E-state index is 12.7.